The summed E-state index contributed by atoms with van der Waals surface area (Å²) in [6.45, 7) is 2.75. The number of piperazine rings is 1. The average molecular weight is 345 g/mol. The van der Waals surface area contributed by atoms with Crippen LogP contribution >= 0.6 is 0 Å². The number of hydrogen-bond donors (Lipinski definition) is 2. The minimum atomic E-state index is -0.584. The second-order valence-corrected chi connectivity index (χ2v) is 7.00. The van der Waals surface area contributed by atoms with Gasteiger partial charge in [-0.3, -0.25) is 29.6 Å². The number of nitrogens with one attached hydrogen (secondary N) is 2. The Morgan fingerprint density at radius 1 is 1.12 bits per heavy atom. The number of piperidine rings is 1. The van der Waals surface area contributed by atoms with Crippen LogP contribution in [0.3, 0.4) is 0 Å². The van der Waals surface area contributed by atoms with E-state index < -0.39 is 17.7 Å². The van der Waals surface area contributed by atoms with Crippen molar-refractivity contribution in [3.05, 3.63) is 17.5 Å². The number of aromatic nitrogens is 2. The maximum atomic E-state index is 12.7. The van der Waals surface area contributed by atoms with Gasteiger partial charge in [0, 0.05) is 31.6 Å². The number of H-pyrrole nitrogens is 1. The van der Waals surface area contributed by atoms with Crippen molar-refractivity contribution in [2.75, 3.05) is 13.1 Å². The zero-order chi connectivity index (χ0) is 17.7. The van der Waals surface area contributed by atoms with Crippen LogP contribution in [0.1, 0.15) is 35.4 Å². The van der Waals surface area contributed by atoms with Crippen LogP contribution < -0.4 is 5.32 Å². The monoisotopic (exact) mass is 345 g/mol. The molecule has 3 aliphatic heterocycles. The number of amides is 4. The first kappa shape index (κ1) is 15.8. The third-order valence-electron chi connectivity index (χ3n) is 5.20. The van der Waals surface area contributed by atoms with Crippen LogP contribution in [0.15, 0.2) is 6.07 Å². The molecule has 3 aliphatic rings. The van der Waals surface area contributed by atoms with Gasteiger partial charge in [0.05, 0.1) is 18.0 Å². The highest BCUT2D eigenvalue weighted by Gasteiger charge is 2.49. The first-order valence-electron chi connectivity index (χ1n) is 8.38. The van der Waals surface area contributed by atoms with E-state index in [2.05, 4.69) is 15.5 Å². The molecule has 0 saturated carbocycles. The lowest BCUT2D eigenvalue weighted by atomic mass is 9.95. The minimum absolute atomic E-state index is 0.0356. The number of hydrogen-bond acceptors (Lipinski definition) is 5. The molecule has 1 aromatic heterocycles. The standard InChI is InChI=1S/C16H19N5O4/c1-8-2-12(19-18-8)16(25)21-7-10-5-11(21)6-20(10)15(24)9-3-13(22)17-14(23)4-9/h2,9-11H,3-7H2,1H3,(H,18,19)(H,17,22,23)/t10-,11-/m0/s1. The minimum Gasteiger partial charge on any atom is -0.336 e. The van der Waals surface area contributed by atoms with E-state index in [1.807, 2.05) is 6.92 Å². The summed E-state index contributed by atoms with van der Waals surface area (Å²) in [5.74, 6) is -1.66. The molecule has 3 saturated heterocycles. The van der Waals surface area contributed by atoms with Crippen LogP contribution in [0.4, 0.5) is 0 Å². The van der Waals surface area contributed by atoms with Crippen LogP contribution in [0.5, 0.6) is 0 Å². The number of rotatable bonds is 2. The number of carbonyl (C=O) groups excluding carboxylic acids is 4. The van der Waals surface area contributed by atoms with E-state index in [4.69, 9.17) is 0 Å². The van der Waals surface area contributed by atoms with Crippen LogP contribution in [-0.4, -0.2) is 68.8 Å². The average Bonchev–Trinajstić information content (AvgIpc) is 3.27. The highest BCUT2D eigenvalue weighted by atomic mass is 16.2. The van der Waals surface area contributed by atoms with Crippen molar-refractivity contribution in [3.8, 4) is 0 Å². The van der Waals surface area contributed by atoms with Crippen LogP contribution in [0.2, 0.25) is 0 Å². The Labute approximate surface area is 143 Å². The van der Waals surface area contributed by atoms with Gasteiger partial charge in [-0.05, 0) is 19.4 Å². The van der Waals surface area contributed by atoms with Crippen molar-refractivity contribution in [2.45, 2.75) is 38.3 Å². The second-order valence-electron chi connectivity index (χ2n) is 7.00. The highest BCUT2D eigenvalue weighted by Crippen LogP contribution is 2.33. The SMILES string of the molecule is Cc1cc(C(=O)N2C[C@@H]3C[C@H]2CN3C(=O)C2CC(=O)NC(=O)C2)n[nH]1. The zero-order valence-corrected chi connectivity index (χ0v) is 13.8. The predicted molar refractivity (Wildman–Crippen MR) is 84.1 cm³/mol. The molecule has 132 valence electrons. The van der Waals surface area contributed by atoms with Crippen molar-refractivity contribution in [1.29, 1.82) is 0 Å². The van der Waals surface area contributed by atoms with Gasteiger partial charge in [-0.15, -0.1) is 0 Å². The summed E-state index contributed by atoms with van der Waals surface area (Å²) in [5, 5.41) is 8.99. The lowest BCUT2D eigenvalue weighted by Crippen LogP contribution is -2.53. The molecule has 25 heavy (non-hydrogen) atoms. The molecule has 3 fully saturated rings. The van der Waals surface area contributed by atoms with Crippen molar-refractivity contribution in [2.24, 2.45) is 5.92 Å². The molecule has 0 aliphatic carbocycles. The van der Waals surface area contributed by atoms with Gasteiger partial charge in [-0.2, -0.15) is 5.10 Å². The number of aryl methyl sites for hydroxylation is 1. The van der Waals surface area contributed by atoms with Crippen molar-refractivity contribution in [3.63, 3.8) is 0 Å². The first-order valence-corrected chi connectivity index (χ1v) is 8.38. The van der Waals surface area contributed by atoms with Crippen LogP contribution in [-0.2, 0) is 14.4 Å². The van der Waals surface area contributed by atoms with Crippen molar-refractivity contribution in [1.82, 2.24) is 25.3 Å². The third kappa shape index (κ3) is 2.69. The summed E-state index contributed by atoms with van der Waals surface area (Å²) in [5.41, 5.74) is 1.21. The molecule has 4 heterocycles. The van der Waals surface area contributed by atoms with Crippen LogP contribution in [0, 0.1) is 12.8 Å². The quantitative estimate of drug-likeness (QED) is 0.681. The fourth-order valence-electron chi connectivity index (χ4n) is 4.05. The summed E-state index contributed by atoms with van der Waals surface area (Å²) >= 11 is 0. The summed E-state index contributed by atoms with van der Waals surface area (Å²) in [6, 6.07) is 1.62. The van der Waals surface area contributed by atoms with Crippen molar-refractivity contribution < 1.29 is 19.2 Å². The van der Waals surface area contributed by atoms with Crippen molar-refractivity contribution >= 4 is 23.6 Å². The van der Waals surface area contributed by atoms with E-state index in [1.54, 1.807) is 15.9 Å². The molecule has 2 atom stereocenters. The van der Waals surface area contributed by atoms with Gasteiger partial charge in [0.2, 0.25) is 17.7 Å². The number of aromatic amines is 1. The van der Waals surface area contributed by atoms with Gasteiger partial charge in [-0.25, -0.2) is 0 Å². The van der Waals surface area contributed by atoms with Gasteiger partial charge in [0.25, 0.3) is 5.91 Å². The van der Waals surface area contributed by atoms with Crippen LogP contribution in [0.25, 0.3) is 0 Å². The summed E-state index contributed by atoms with van der Waals surface area (Å²) in [6.07, 6.45) is 0.828. The third-order valence-corrected chi connectivity index (χ3v) is 5.20. The van der Waals surface area contributed by atoms with Gasteiger partial charge >= 0.3 is 0 Å². The fourth-order valence-corrected chi connectivity index (χ4v) is 4.05. The van der Waals surface area contributed by atoms with Gasteiger partial charge in [-0.1, -0.05) is 0 Å². The smallest absolute Gasteiger partial charge is 0.274 e. The molecular weight excluding hydrogens is 326 g/mol. The Hall–Kier alpha value is -2.71. The zero-order valence-electron chi connectivity index (χ0n) is 13.8. The second kappa shape index (κ2) is 5.68. The number of fused-ring (bicyclic) bond motifs is 2. The van der Waals surface area contributed by atoms with E-state index in [0.29, 0.717) is 18.8 Å². The molecule has 2 bridgehead atoms. The largest absolute Gasteiger partial charge is 0.336 e. The molecule has 1 aromatic rings. The lowest BCUT2D eigenvalue weighted by Gasteiger charge is -2.36. The van der Waals surface area contributed by atoms with E-state index >= 15 is 0 Å². The molecule has 9 heteroatoms. The Balaban J connectivity index is 1.42. The molecule has 0 unspecified atom stereocenters. The molecule has 4 rings (SSSR count). The molecule has 4 amide bonds. The van der Waals surface area contributed by atoms with E-state index in [0.717, 1.165) is 12.1 Å². The maximum absolute atomic E-state index is 12.7. The summed E-state index contributed by atoms with van der Waals surface area (Å²) in [4.78, 5) is 51.8. The predicted octanol–water partition coefficient (Wildman–Crippen LogP) is -0.804. The topological polar surface area (TPSA) is 115 Å². The van der Waals surface area contributed by atoms with E-state index in [-0.39, 0.29) is 36.7 Å². The molecular formula is C16H19N5O4. The molecule has 0 radical (unpaired) electrons. The Morgan fingerprint density at radius 2 is 1.76 bits per heavy atom. The first-order chi connectivity index (χ1) is 11.9. The molecule has 2 N–H and O–H groups in total. The summed E-state index contributed by atoms with van der Waals surface area (Å²) in [7, 11) is 0. The number of likely N-dealkylation sites (tertiary alicyclic amines) is 2. The maximum Gasteiger partial charge on any atom is 0.274 e. The number of carbonyl (C=O) groups is 4. The Morgan fingerprint density at radius 3 is 2.32 bits per heavy atom. The molecule has 0 aromatic carbocycles. The lowest BCUT2D eigenvalue weighted by molar-refractivity contribution is -0.146. The molecule has 0 spiro atoms. The van der Waals surface area contributed by atoms with E-state index in [9.17, 15) is 19.2 Å². The van der Waals surface area contributed by atoms with Gasteiger partial charge in [0.15, 0.2) is 0 Å². The Kier molecular flexibility index (Phi) is 3.59. The number of imide groups is 1. The summed E-state index contributed by atoms with van der Waals surface area (Å²) < 4.78 is 0. The molecule has 9 nitrogen and oxygen atoms in total. The van der Waals surface area contributed by atoms with Gasteiger partial charge in [0.1, 0.15) is 5.69 Å². The normalized spacial score (nSPS) is 26.3. The number of nitrogens with zero attached hydrogens (tertiary/aromatic N) is 3. The Bertz CT molecular complexity index is 756. The van der Waals surface area contributed by atoms with E-state index in [1.165, 1.54) is 0 Å². The fraction of sp³-hybridized carbons (Fsp3) is 0.562. The van der Waals surface area contributed by atoms with Gasteiger partial charge < -0.3 is 9.80 Å². The highest BCUT2D eigenvalue weighted by molar-refractivity contribution is 6.02.